The zero-order valence-electron chi connectivity index (χ0n) is 16.3. The van der Waals surface area contributed by atoms with E-state index in [9.17, 15) is 4.79 Å². The van der Waals surface area contributed by atoms with Crippen molar-refractivity contribution < 1.29 is 19.0 Å². The van der Waals surface area contributed by atoms with E-state index < -0.39 is 17.8 Å². The van der Waals surface area contributed by atoms with E-state index in [1.54, 1.807) is 0 Å². The molecule has 0 saturated carbocycles. The molecule has 0 saturated heterocycles. The van der Waals surface area contributed by atoms with Crippen molar-refractivity contribution in [3.63, 3.8) is 0 Å². The van der Waals surface area contributed by atoms with Gasteiger partial charge in [-0.25, -0.2) is 0 Å². The Balaban J connectivity index is 1.88. The summed E-state index contributed by atoms with van der Waals surface area (Å²) in [7, 11) is 1.87. The third kappa shape index (κ3) is 4.42. The van der Waals surface area contributed by atoms with Gasteiger partial charge in [0.05, 0.1) is 6.61 Å². The molecule has 5 nitrogen and oxygen atoms in total. The first kappa shape index (κ1) is 19.2. The van der Waals surface area contributed by atoms with E-state index in [0.29, 0.717) is 6.61 Å². The van der Waals surface area contributed by atoms with Crippen LogP contribution in [0.5, 0.6) is 5.75 Å². The van der Waals surface area contributed by atoms with Crippen LogP contribution in [-0.2, 0) is 20.7 Å². The number of nitrogens with one attached hydrogen (secondary N) is 1. The average molecular weight is 369 g/mol. The van der Waals surface area contributed by atoms with Crippen molar-refractivity contribution >= 4 is 11.7 Å². The summed E-state index contributed by atoms with van der Waals surface area (Å²) in [5.41, 5.74) is 2.35. The topological polar surface area (TPSA) is 56.8 Å². The minimum Gasteiger partial charge on any atom is -0.483 e. The number of esters is 1. The summed E-state index contributed by atoms with van der Waals surface area (Å²) in [6.45, 7) is 5.77. The van der Waals surface area contributed by atoms with Crippen LogP contribution in [0.25, 0.3) is 0 Å². The lowest BCUT2D eigenvalue weighted by molar-refractivity contribution is -0.182. The summed E-state index contributed by atoms with van der Waals surface area (Å²) in [5, 5.41) is 3.14. The highest BCUT2D eigenvalue weighted by atomic mass is 16.6. The molecular weight excluding hydrogens is 342 g/mol. The Kier molecular flexibility index (Phi) is 5.71. The minimum atomic E-state index is -0.697. The van der Waals surface area contributed by atoms with E-state index in [1.807, 2.05) is 57.3 Å². The smallest absolute Gasteiger partial charge is 0.303 e. The van der Waals surface area contributed by atoms with Crippen molar-refractivity contribution in [2.24, 2.45) is 0 Å². The maximum absolute atomic E-state index is 11.7. The molecule has 1 aliphatic heterocycles. The van der Waals surface area contributed by atoms with E-state index >= 15 is 0 Å². The molecule has 0 fully saturated rings. The van der Waals surface area contributed by atoms with Gasteiger partial charge in [0.2, 0.25) is 0 Å². The summed E-state index contributed by atoms with van der Waals surface area (Å²) < 4.78 is 18.1. The van der Waals surface area contributed by atoms with Gasteiger partial charge in [-0.05, 0) is 44.0 Å². The van der Waals surface area contributed by atoms with Gasteiger partial charge in [-0.2, -0.15) is 0 Å². The Morgan fingerprint density at radius 2 is 1.93 bits per heavy atom. The third-order valence-corrected chi connectivity index (χ3v) is 4.76. The molecule has 3 rings (SSSR count). The van der Waals surface area contributed by atoms with Crippen molar-refractivity contribution in [2.75, 3.05) is 19.0 Å². The number of anilines is 1. The van der Waals surface area contributed by atoms with Gasteiger partial charge >= 0.3 is 5.97 Å². The van der Waals surface area contributed by atoms with Gasteiger partial charge in [0, 0.05) is 25.2 Å². The maximum atomic E-state index is 11.7. The predicted molar refractivity (Wildman–Crippen MR) is 105 cm³/mol. The number of fused-ring (bicyclic) bond motifs is 1. The van der Waals surface area contributed by atoms with Gasteiger partial charge in [-0.1, -0.05) is 30.3 Å². The maximum Gasteiger partial charge on any atom is 0.303 e. The fraction of sp³-hybridized carbons (Fsp3) is 0.409. The molecule has 27 heavy (non-hydrogen) atoms. The van der Waals surface area contributed by atoms with Gasteiger partial charge in [-0.3, -0.25) is 4.79 Å². The van der Waals surface area contributed by atoms with Crippen LogP contribution < -0.4 is 10.1 Å². The highest BCUT2D eigenvalue weighted by Gasteiger charge is 2.47. The Hall–Kier alpha value is -2.53. The lowest BCUT2D eigenvalue weighted by atomic mass is 9.87. The third-order valence-electron chi connectivity index (χ3n) is 4.76. The highest BCUT2D eigenvalue weighted by molar-refractivity contribution is 5.66. The van der Waals surface area contributed by atoms with Gasteiger partial charge < -0.3 is 19.5 Å². The van der Waals surface area contributed by atoms with Crippen LogP contribution in [0.2, 0.25) is 0 Å². The summed E-state index contributed by atoms with van der Waals surface area (Å²) in [6, 6.07) is 16.1. The molecule has 0 bridgehead atoms. The lowest BCUT2D eigenvalue weighted by Gasteiger charge is -2.43. The summed E-state index contributed by atoms with van der Waals surface area (Å²) in [4.78, 5) is 11.7. The Morgan fingerprint density at radius 3 is 2.59 bits per heavy atom. The second-order valence-electron chi connectivity index (χ2n) is 7.27. The van der Waals surface area contributed by atoms with Gasteiger partial charge in [0.1, 0.15) is 17.5 Å². The van der Waals surface area contributed by atoms with Crippen molar-refractivity contribution in [1.29, 1.82) is 0 Å². The summed E-state index contributed by atoms with van der Waals surface area (Å²) >= 11 is 0. The number of hydrogen-bond acceptors (Lipinski definition) is 5. The van der Waals surface area contributed by atoms with E-state index in [2.05, 4.69) is 17.4 Å². The SMILES string of the molecule is CNc1ccc2c(c1)C(OCCc1ccccc1)C(OC(C)=O)C(C)(C)O2. The molecule has 2 unspecified atom stereocenters. The number of rotatable bonds is 6. The fourth-order valence-corrected chi connectivity index (χ4v) is 3.40. The number of hydrogen-bond donors (Lipinski definition) is 1. The number of carbonyl (C=O) groups excluding carboxylic acids is 1. The number of benzene rings is 2. The van der Waals surface area contributed by atoms with E-state index in [4.69, 9.17) is 14.2 Å². The van der Waals surface area contributed by atoms with Crippen LogP contribution in [0.3, 0.4) is 0 Å². The predicted octanol–water partition coefficient (Wildman–Crippen LogP) is 4.13. The Bertz CT molecular complexity index is 788. The molecule has 144 valence electrons. The van der Waals surface area contributed by atoms with Gasteiger partial charge in [0.25, 0.3) is 0 Å². The molecule has 0 aliphatic carbocycles. The summed E-state index contributed by atoms with van der Waals surface area (Å²) in [5.74, 6) is 0.411. The molecule has 0 aromatic heterocycles. The Morgan fingerprint density at radius 1 is 1.19 bits per heavy atom. The molecule has 1 aliphatic rings. The molecular formula is C22H27NO4. The van der Waals surface area contributed by atoms with Crippen LogP contribution in [0.1, 0.15) is 38.0 Å². The van der Waals surface area contributed by atoms with E-state index in [0.717, 1.165) is 23.4 Å². The fourth-order valence-electron chi connectivity index (χ4n) is 3.40. The molecule has 1 N–H and O–H groups in total. The number of carbonyl (C=O) groups is 1. The van der Waals surface area contributed by atoms with Crippen LogP contribution in [-0.4, -0.2) is 31.3 Å². The van der Waals surface area contributed by atoms with Crippen molar-refractivity contribution in [3.05, 3.63) is 59.7 Å². The van der Waals surface area contributed by atoms with Crippen LogP contribution >= 0.6 is 0 Å². The van der Waals surface area contributed by atoms with Gasteiger partial charge in [-0.15, -0.1) is 0 Å². The van der Waals surface area contributed by atoms with Crippen LogP contribution in [0, 0.1) is 0 Å². The zero-order chi connectivity index (χ0) is 19.4. The normalized spacial score (nSPS) is 20.3. The lowest BCUT2D eigenvalue weighted by Crippen LogP contribution is -2.51. The van der Waals surface area contributed by atoms with Gasteiger partial charge in [0.15, 0.2) is 6.10 Å². The summed E-state index contributed by atoms with van der Waals surface area (Å²) in [6.07, 6.45) is -0.151. The molecule has 5 heteroatoms. The van der Waals surface area contributed by atoms with Crippen molar-refractivity contribution in [1.82, 2.24) is 0 Å². The second-order valence-corrected chi connectivity index (χ2v) is 7.27. The van der Waals surface area contributed by atoms with E-state index in [1.165, 1.54) is 12.5 Å². The zero-order valence-corrected chi connectivity index (χ0v) is 16.3. The van der Waals surface area contributed by atoms with Crippen molar-refractivity contribution in [3.8, 4) is 5.75 Å². The highest BCUT2D eigenvalue weighted by Crippen LogP contribution is 2.44. The molecule has 1 heterocycles. The average Bonchev–Trinajstić information content (AvgIpc) is 2.64. The van der Waals surface area contributed by atoms with Crippen LogP contribution in [0.15, 0.2) is 48.5 Å². The monoisotopic (exact) mass is 369 g/mol. The first-order valence-electron chi connectivity index (χ1n) is 9.24. The van der Waals surface area contributed by atoms with E-state index in [-0.39, 0.29) is 5.97 Å². The van der Waals surface area contributed by atoms with Crippen molar-refractivity contribution in [2.45, 2.75) is 45.0 Å². The molecule has 2 aromatic rings. The Labute approximate surface area is 160 Å². The molecule has 0 amide bonds. The van der Waals surface area contributed by atoms with Crippen LogP contribution in [0.4, 0.5) is 5.69 Å². The second kappa shape index (κ2) is 8.01. The number of ether oxygens (including phenoxy) is 3. The molecule has 0 spiro atoms. The first-order valence-corrected chi connectivity index (χ1v) is 9.24. The largest absolute Gasteiger partial charge is 0.483 e. The standard InChI is InChI=1S/C22H27NO4/c1-15(24)26-21-20(25-13-12-16-8-6-5-7-9-16)18-14-17(23-4)10-11-19(18)27-22(21,2)3/h5-11,14,20-21,23H,12-13H2,1-4H3. The quantitative estimate of drug-likeness (QED) is 0.776. The molecule has 2 atom stereocenters. The molecule has 0 radical (unpaired) electrons. The first-order chi connectivity index (χ1) is 12.9. The molecule has 2 aromatic carbocycles. The minimum absolute atomic E-state index is 0.346.